The van der Waals surface area contributed by atoms with E-state index in [-0.39, 0.29) is 29.6 Å². The molecule has 1 aromatic carbocycles. The van der Waals surface area contributed by atoms with Crippen molar-refractivity contribution in [1.29, 1.82) is 5.26 Å². The summed E-state index contributed by atoms with van der Waals surface area (Å²) in [4.78, 5) is 3.44. The Balaban J connectivity index is 0.00000169. The number of nitriles is 1. The van der Waals surface area contributed by atoms with Crippen LogP contribution >= 0.6 is 11.8 Å². The van der Waals surface area contributed by atoms with Gasteiger partial charge in [0.05, 0.1) is 0 Å². The number of thioether (sulfide) groups is 1. The van der Waals surface area contributed by atoms with Crippen molar-refractivity contribution in [3.8, 4) is 6.19 Å². The first-order chi connectivity index (χ1) is 6.33. The van der Waals surface area contributed by atoms with Gasteiger partial charge in [0.25, 0.3) is 0 Å². The zero-order valence-electron chi connectivity index (χ0n) is 7.80. The number of hydrogen-bond donors (Lipinski definition) is 0. The molecule has 0 aliphatic heterocycles. The second-order valence-electron chi connectivity index (χ2n) is 2.25. The molecule has 0 heterocycles. The Morgan fingerprint density at radius 3 is 2.64 bits per heavy atom. The van der Waals surface area contributed by atoms with Gasteiger partial charge in [-0.25, -0.2) is 0 Å². The summed E-state index contributed by atoms with van der Waals surface area (Å²) < 4.78 is 0.395. The third-order valence-corrected chi connectivity index (χ3v) is 2.61. The Hall–Kier alpha value is -0.0500. The third kappa shape index (κ3) is 5.63. The van der Waals surface area contributed by atoms with Crippen LogP contribution in [-0.4, -0.2) is 4.38 Å². The van der Waals surface area contributed by atoms with Gasteiger partial charge in [-0.3, -0.25) is 0 Å². The molecule has 0 spiro atoms. The van der Waals surface area contributed by atoms with E-state index >= 15 is 0 Å². The molecule has 66 valence electrons. The second kappa shape index (κ2) is 8.27. The van der Waals surface area contributed by atoms with Gasteiger partial charge < -0.3 is 12.6 Å². The SMILES string of the molecule is N#CN=C([S-])SCc1ccccc1.[Na+]. The van der Waals surface area contributed by atoms with Gasteiger partial charge in [-0.15, -0.1) is 11.8 Å². The molecule has 0 aromatic heterocycles. The standard InChI is InChI=1S/C9H8N2S2.Na/c10-7-11-9(12)13-6-8-4-2-1-3-5-8;/h1-5H,6H2,(H,11,12);/q;+1/p-1. The molecule has 0 aliphatic rings. The van der Waals surface area contributed by atoms with Crippen molar-refractivity contribution in [2.24, 2.45) is 4.99 Å². The predicted molar refractivity (Wildman–Crippen MR) is 58.2 cm³/mol. The molecule has 14 heavy (non-hydrogen) atoms. The Morgan fingerprint density at radius 2 is 2.07 bits per heavy atom. The van der Waals surface area contributed by atoms with Crippen LogP contribution in [0.3, 0.4) is 0 Å². The molecular formula is C9H7N2NaS2. The number of nitrogens with zero attached hydrogens (tertiary/aromatic N) is 2. The van der Waals surface area contributed by atoms with Gasteiger partial charge in [-0.2, -0.15) is 10.3 Å². The van der Waals surface area contributed by atoms with Gasteiger partial charge in [-0.05, 0) is 9.94 Å². The molecule has 0 unspecified atom stereocenters. The van der Waals surface area contributed by atoms with Crippen LogP contribution in [0.15, 0.2) is 35.3 Å². The van der Waals surface area contributed by atoms with Gasteiger partial charge in [0.1, 0.15) is 0 Å². The van der Waals surface area contributed by atoms with E-state index in [1.807, 2.05) is 30.3 Å². The second-order valence-corrected chi connectivity index (χ2v) is 3.86. The van der Waals surface area contributed by atoms with Gasteiger partial charge in [0.2, 0.25) is 6.19 Å². The Morgan fingerprint density at radius 1 is 1.43 bits per heavy atom. The van der Waals surface area contributed by atoms with Crippen LogP contribution in [0.1, 0.15) is 5.56 Å². The van der Waals surface area contributed by atoms with E-state index in [2.05, 4.69) is 4.99 Å². The fourth-order valence-corrected chi connectivity index (χ4v) is 1.60. The van der Waals surface area contributed by atoms with Crippen molar-refractivity contribution in [2.75, 3.05) is 0 Å². The number of rotatable bonds is 2. The molecule has 0 amide bonds. The summed E-state index contributed by atoms with van der Waals surface area (Å²) in [7, 11) is 0. The topological polar surface area (TPSA) is 36.1 Å². The van der Waals surface area contributed by atoms with Crippen molar-refractivity contribution in [3.63, 3.8) is 0 Å². The van der Waals surface area contributed by atoms with Gasteiger partial charge in [0, 0.05) is 5.75 Å². The van der Waals surface area contributed by atoms with E-state index in [1.54, 1.807) is 6.19 Å². The molecule has 0 fully saturated rings. The molecule has 0 atom stereocenters. The number of hydrogen-bond acceptors (Lipinski definition) is 4. The van der Waals surface area contributed by atoms with Crippen LogP contribution in [0.2, 0.25) is 0 Å². The smallest absolute Gasteiger partial charge is 0.752 e. The van der Waals surface area contributed by atoms with E-state index in [4.69, 9.17) is 17.9 Å². The first kappa shape index (κ1) is 13.9. The Bertz CT molecular complexity index is 332. The van der Waals surface area contributed by atoms with Gasteiger partial charge in [0.15, 0.2) is 0 Å². The minimum Gasteiger partial charge on any atom is -0.752 e. The first-order valence-electron chi connectivity index (χ1n) is 3.63. The average molecular weight is 230 g/mol. The Kier molecular flexibility index (Phi) is 8.24. The molecule has 0 radical (unpaired) electrons. The van der Waals surface area contributed by atoms with E-state index in [0.29, 0.717) is 4.38 Å². The molecule has 0 saturated carbocycles. The summed E-state index contributed by atoms with van der Waals surface area (Å²) in [6.07, 6.45) is 1.67. The molecule has 2 nitrogen and oxygen atoms in total. The van der Waals surface area contributed by atoms with Crippen LogP contribution in [-0.2, 0) is 18.4 Å². The number of aliphatic imine (C=N–C) groups is 1. The van der Waals surface area contributed by atoms with E-state index < -0.39 is 0 Å². The van der Waals surface area contributed by atoms with Crippen LogP contribution < -0.4 is 29.6 Å². The van der Waals surface area contributed by atoms with Crippen LogP contribution in [0.4, 0.5) is 0 Å². The maximum absolute atomic E-state index is 8.22. The summed E-state index contributed by atoms with van der Waals surface area (Å²) >= 11 is 6.22. The zero-order chi connectivity index (χ0) is 9.52. The average Bonchev–Trinajstić information content (AvgIpc) is 2.17. The minimum atomic E-state index is 0. The van der Waals surface area contributed by atoms with Crippen molar-refractivity contribution in [1.82, 2.24) is 0 Å². The van der Waals surface area contributed by atoms with Crippen LogP contribution in [0.5, 0.6) is 0 Å². The van der Waals surface area contributed by atoms with E-state index in [0.717, 1.165) is 5.75 Å². The minimum absolute atomic E-state index is 0. The summed E-state index contributed by atoms with van der Waals surface area (Å²) in [5, 5.41) is 8.22. The van der Waals surface area contributed by atoms with Gasteiger partial charge >= 0.3 is 29.6 Å². The largest absolute Gasteiger partial charge is 1.00 e. The fraction of sp³-hybridized carbons (Fsp3) is 0.111. The zero-order valence-corrected chi connectivity index (χ0v) is 11.4. The van der Waals surface area contributed by atoms with Crippen molar-refractivity contribution >= 4 is 28.8 Å². The molecule has 1 aromatic rings. The van der Waals surface area contributed by atoms with E-state index in [1.165, 1.54) is 17.3 Å². The molecule has 0 bridgehead atoms. The molecule has 5 heteroatoms. The third-order valence-electron chi connectivity index (χ3n) is 1.35. The molecular weight excluding hydrogens is 223 g/mol. The molecule has 0 saturated heterocycles. The van der Waals surface area contributed by atoms with Crippen LogP contribution in [0.25, 0.3) is 0 Å². The summed E-state index contributed by atoms with van der Waals surface area (Å²) in [5.74, 6) is 0.769. The number of benzene rings is 1. The quantitative estimate of drug-likeness (QED) is 0.222. The normalized spacial score (nSPS) is 10.1. The maximum Gasteiger partial charge on any atom is 1.00 e. The monoisotopic (exact) mass is 230 g/mol. The predicted octanol–water partition coefficient (Wildman–Crippen LogP) is -0.692. The van der Waals surface area contributed by atoms with Crippen molar-refractivity contribution in [3.05, 3.63) is 35.9 Å². The van der Waals surface area contributed by atoms with Crippen molar-refractivity contribution < 1.29 is 29.6 Å². The Labute approximate surface area is 116 Å². The maximum atomic E-state index is 8.22. The fourth-order valence-electron chi connectivity index (χ4n) is 0.792. The first-order valence-corrected chi connectivity index (χ1v) is 5.03. The molecule has 1 rings (SSSR count). The molecule has 0 N–H and O–H groups in total. The van der Waals surface area contributed by atoms with E-state index in [9.17, 15) is 0 Å². The summed E-state index contributed by atoms with van der Waals surface area (Å²) in [5.41, 5.74) is 1.18. The summed E-state index contributed by atoms with van der Waals surface area (Å²) in [6.45, 7) is 0. The molecule has 0 aliphatic carbocycles. The van der Waals surface area contributed by atoms with Crippen LogP contribution in [0, 0.1) is 11.5 Å². The summed E-state index contributed by atoms with van der Waals surface area (Å²) in [6, 6.07) is 9.94. The van der Waals surface area contributed by atoms with Crippen molar-refractivity contribution in [2.45, 2.75) is 5.75 Å². The van der Waals surface area contributed by atoms with Gasteiger partial charge in [-0.1, -0.05) is 30.3 Å².